The summed E-state index contributed by atoms with van der Waals surface area (Å²) in [5.41, 5.74) is 0. The molecule has 0 aromatic rings. The fraction of sp³-hybridized carbons (Fsp3) is 0.909. The van der Waals surface area contributed by atoms with Gasteiger partial charge in [-0.3, -0.25) is 0 Å². The fourth-order valence-corrected chi connectivity index (χ4v) is 1.24. The number of carbonyl (C=O) groups is 1. The van der Waals surface area contributed by atoms with Crippen LogP contribution in [0.25, 0.3) is 0 Å². The summed E-state index contributed by atoms with van der Waals surface area (Å²) in [4.78, 5) is 9.66. The molecule has 0 aliphatic rings. The third kappa shape index (κ3) is 20.2. The number of unbranched alkanes of at least 4 members (excludes halogenated alkanes) is 2. The van der Waals surface area contributed by atoms with Gasteiger partial charge in [-0.2, -0.15) is 0 Å². The average molecular weight is 283 g/mol. The number of hydrogen-bond donors (Lipinski definition) is 0. The number of carbonyl (C=O) groups excluding carboxylic acids is 1. The Kier molecular flexibility index (Phi) is 19.2. The van der Waals surface area contributed by atoms with Crippen LogP contribution in [0.3, 0.4) is 0 Å². The maximum atomic E-state index is 9.66. The first kappa shape index (κ1) is 17.5. The van der Waals surface area contributed by atoms with E-state index in [1.807, 2.05) is 20.8 Å². The molecule has 0 aliphatic carbocycles. The van der Waals surface area contributed by atoms with Crippen molar-refractivity contribution < 1.29 is 14.3 Å². The van der Waals surface area contributed by atoms with Gasteiger partial charge in [-0.25, -0.2) is 0 Å². The van der Waals surface area contributed by atoms with E-state index in [1.165, 1.54) is 0 Å². The van der Waals surface area contributed by atoms with E-state index in [1.54, 1.807) is 0 Å². The molecule has 0 atom stereocenters. The molecule has 0 fully saturated rings. The van der Waals surface area contributed by atoms with Crippen molar-refractivity contribution in [2.24, 2.45) is 0 Å². The lowest BCUT2D eigenvalue weighted by atomic mass is 10.3. The predicted octanol–water partition coefficient (Wildman–Crippen LogP) is 3.16. The first-order valence-electron chi connectivity index (χ1n) is 5.45. The molecule has 0 aromatic carbocycles. The molecule has 92 valence electrons. The van der Waals surface area contributed by atoms with Crippen molar-refractivity contribution >= 4 is 22.2 Å². The highest BCUT2D eigenvalue weighted by atomic mass is 79.9. The second-order valence-corrected chi connectivity index (χ2v) is 3.62. The van der Waals surface area contributed by atoms with Gasteiger partial charge >= 0.3 is 0 Å². The maximum Gasteiger partial charge on any atom is 0.154 e. The van der Waals surface area contributed by atoms with Crippen LogP contribution < -0.4 is 0 Å². The Labute approximate surface area is 102 Å². The summed E-state index contributed by atoms with van der Waals surface area (Å²) in [6, 6.07) is 0. The quantitative estimate of drug-likeness (QED) is 0.297. The summed E-state index contributed by atoms with van der Waals surface area (Å²) in [7, 11) is 0. The normalized spacial score (nSPS) is 9.67. The number of alkyl halides is 1. The van der Waals surface area contributed by atoms with E-state index in [-0.39, 0.29) is 6.29 Å². The molecule has 0 saturated carbocycles. The van der Waals surface area contributed by atoms with Crippen molar-refractivity contribution in [3.63, 3.8) is 0 Å². The fourth-order valence-electron chi connectivity index (χ4n) is 0.840. The standard InChI is InChI=1S/C6H14O2.C5H9BrO/c1-4-7-6(3)8-5-2;6-4-2-1-3-5-7/h6H,4-5H2,1-3H3;5H,1-4H2. The van der Waals surface area contributed by atoms with Crippen LogP contribution in [-0.2, 0) is 14.3 Å². The van der Waals surface area contributed by atoms with Crippen molar-refractivity contribution in [2.45, 2.75) is 46.3 Å². The van der Waals surface area contributed by atoms with E-state index in [0.29, 0.717) is 6.42 Å². The lowest BCUT2D eigenvalue weighted by Crippen LogP contribution is -2.11. The summed E-state index contributed by atoms with van der Waals surface area (Å²) in [5.74, 6) is 0. The van der Waals surface area contributed by atoms with E-state index < -0.39 is 0 Å². The second-order valence-electron chi connectivity index (χ2n) is 2.83. The van der Waals surface area contributed by atoms with Crippen molar-refractivity contribution in [2.75, 3.05) is 18.5 Å². The average Bonchev–Trinajstić information content (AvgIpc) is 2.20. The smallest absolute Gasteiger partial charge is 0.154 e. The first-order valence-corrected chi connectivity index (χ1v) is 6.57. The number of aldehydes is 1. The molecule has 0 aromatic heterocycles. The number of ether oxygens (including phenoxy) is 2. The SMILES string of the molecule is CCOC(C)OCC.O=CCCCCBr. The summed E-state index contributed by atoms with van der Waals surface area (Å²) in [6.45, 7) is 7.25. The maximum absolute atomic E-state index is 9.66. The van der Waals surface area contributed by atoms with Gasteiger partial charge in [0, 0.05) is 25.0 Å². The molecule has 0 rings (SSSR count). The monoisotopic (exact) mass is 282 g/mol. The topological polar surface area (TPSA) is 35.5 Å². The van der Waals surface area contributed by atoms with Crippen LogP contribution in [0.15, 0.2) is 0 Å². The molecule has 15 heavy (non-hydrogen) atoms. The Morgan fingerprint density at radius 3 is 2.07 bits per heavy atom. The molecule has 0 saturated heterocycles. The first-order chi connectivity index (χ1) is 7.22. The second kappa shape index (κ2) is 16.5. The highest BCUT2D eigenvalue weighted by Gasteiger charge is 1.94. The summed E-state index contributed by atoms with van der Waals surface area (Å²) in [6.07, 6.45) is 3.77. The van der Waals surface area contributed by atoms with E-state index in [9.17, 15) is 4.79 Å². The Bertz CT molecular complexity index is 114. The van der Waals surface area contributed by atoms with Gasteiger partial charge in [0.1, 0.15) is 6.29 Å². The molecule has 3 nitrogen and oxygen atoms in total. The van der Waals surface area contributed by atoms with Crippen molar-refractivity contribution in [1.82, 2.24) is 0 Å². The van der Waals surface area contributed by atoms with E-state index in [0.717, 1.165) is 37.7 Å². The zero-order valence-electron chi connectivity index (χ0n) is 10.0. The molecular weight excluding hydrogens is 260 g/mol. The highest BCUT2D eigenvalue weighted by Crippen LogP contribution is 1.94. The molecule has 0 spiro atoms. The lowest BCUT2D eigenvalue weighted by molar-refractivity contribution is -0.123. The minimum Gasteiger partial charge on any atom is -0.353 e. The lowest BCUT2D eigenvalue weighted by Gasteiger charge is -2.09. The number of rotatable bonds is 8. The summed E-state index contributed by atoms with van der Waals surface area (Å²) >= 11 is 3.26. The third-order valence-electron chi connectivity index (χ3n) is 1.51. The molecule has 0 aliphatic heterocycles. The minimum atomic E-state index is -0.0370. The van der Waals surface area contributed by atoms with Gasteiger partial charge < -0.3 is 14.3 Å². The number of halogens is 1. The van der Waals surface area contributed by atoms with Crippen LogP contribution >= 0.6 is 15.9 Å². The van der Waals surface area contributed by atoms with Crippen LogP contribution in [0.1, 0.15) is 40.0 Å². The van der Waals surface area contributed by atoms with Crippen molar-refractivity contribution in [3.05, 3.63) is 0 Å². The van der Waals surface area contributed by atoms with Crippen molar-refractivity contribution in [1.29, 1.82) is 0 Å². The van der Waals surface area contributed by atoms with Crippen LogP contribution in [0, 0.1) is 0 Å². The van der Waals surface area contributed by atoms with Gasteiger partial charge in [-0.05, 0) is 33.6 Å². The molecule has 0 unspecified atom stereocenters. The van der Waals surface area contributed by atoms with Gasteiger partial charge in [0.15, 0.2) is 6.29 Å². The molecular formula is C11H23BrO3. The summed E-state index contributed by atoms with van der Waals surface area (Å²) in [5, 5.41) is 1.01. The Morgan fingerprint density at radius 2 is 1.73 bits per heavy atom. The largest absolute Gasteiger partial charge is 0.353 e. The van der Waals surface area contributed by atoms with Gasteiger partial charge in [0.2, 0.25) is 0 Å². The Morgan fingerprint density at radius 1 is 1.20 bits per heavy atom. The zero-order chi connectivity index (χ0) is 11.9. The van der Waals surface area contributed by atoms with E-state index >= 15 is 0 Å². The van der Waals surface area contributed by atoms with Crippen LogP contribution in [-0.4, -0.2) is 31.1 Å². The van der Waals surface area contributed by atoms with Gasteiger partial charge in [-0.1, -0.05) is 15.9 Å². The highest BCUT2D eigenvalue weighted by molar-refractivity contribution is 9.09. The van der Waals surface area contributed by atoms with E-state index in [2.05, 4.69) is 15.9 Å². The Balaban J connectivity index is 0. The molecule has 0 amide bonds. The molecule has 4 heteroatoms. The Hall–Kier alpha value is 0.0700. The van der Waals surface area contributed by atoms with E-state index in [4.69, 9.17) is 9.47 Å². The van der Waals surface area contributed by atoms with Crippen molar-refractivity contribution in [3.8, 4) is 0 Å². The third-order valence-corrected chi connectivity index (χ3v) is 2.07. The van der Waals surface area contributed by atoms with Crippen LogP contribution in [0.5, 0.6) is 0 Å². The number of hydrogen-bond acceptors (Lipinski definition) is 3. The minimum absolute atomic E-state index is 0.0370. The van der Waals surface area contributed by atoms with Crippen LogP contribution in [0.4, 0.5) is 0 Å². The van der Waals surface area contributed by atoms with Gasteiger partial charge in [0.05, 0.1) is 0 Å². The molecule has 0 bridgehead atoms. The summed E-state index contributed by atoms with van der Waals surface area (Å²) < 4.78 is 10.1. The predicted molar refractivity (Wildman–Crippen MR) is 66.4 cm³/mol. The molecule has 0 heterocycles. The van der Waals surface area contributed by atoms with Crippen LogP contribution in [0.2, 0.25) is 0 Å². The van der Waals surface area contributed by atoms with Gasteiger partial charge in [-0.15, -0.1) is 0 Å². The van der Waals surface area contributed by atoms with Gasteiger partial charge in [0.25, 0.3) is 0 Å². The molecule has 0 radical (unpaired) electrons. The zero-order valence-corrected chi connectivity index (χ0v) is 11.6. The molecule has 0 N–H and O–H groups in total.